The van der Waals surface area contributed by atoms with E-state index in [2.05, 4.69) is 21.4 Å². The number of hydrogen-bond donors (Lipinski definition) is 0. The summed E-state index contributed by atoms with van der Waals surface area (Å²) in [5.41, 5.74) is 3.30. The topological polar surface area (TPSA) is 72.1 Å². The van der Waals surface area contributed by atoms with Gasteiger partial charge in [0.15, 0.2) is 0 Å². The van der Waals surface area contributed by atoms with Crippen LogP contribution < -0.4 is 10.2 Å². The Morgan fingerprint density at radius 3 is 2.37 bits per heavy atom. The third-order valence-electron chi connectivity index (χ3n) is 5.24. The molecule has 4 rings (SSSR count). The second kappa shape index (κ2) is 8.45. The average molecular weight is 425 g/mol. The highest BCUT2D eigenvalue weighted by molar-refractivity contribution is 7.93. The summed E-state index contributed by atoms with van der Waals surface area (Å²) in [7, 11) is -0.809. The Morgan fingerprint density at radius 2 is 1.77 bits per heavy atom. The van der Waals surface area contributed by atoms with E-state index in [-0.39, 0.29) is 17.8 Å². The molecule has 7 heteroatoms. The van der Waals surface area contributed by atoms with Gasteiger partial charge in [0.2, 0.25) is 11.2 Å². The molecule has 1 unspecified atom stereocenters. The highest BCUT2D eigenvalue weighted by Gasteiger charge is 2.19. The summed E-state index contributed by atoms with van der Waals surface area (Å²) < 4.78 is 27.5. The minimum atomic E-state index is -2.36. The van der Waals surface area contributed by atoms with Crippen molar-refractivity contribution in [1.29, 1.82) is 0 Å². The summed E-state index contributed by atoms with van der Waals surface area (Å²) in [6.07, 6.45) is 2.98. The molecule has 0 N–H and O–H groups in total. The van der Waals surface area contributed by atoms with E-state index in [0.717, 1.165) is 18.7 Å². The Morgan fingerprint density at radius 1 is 1.10 bits per heavy atom. The molecule has 1 aliphatic rings. The number of fused-ring (bicyclic) bond motifs is 1. The van der Waals surface area contributed by atoms with Crippen LogP contribution in [-0.2, 0) is 36.0 Å². The maximum absolute atomic E-state index is 12.4. The van der Waals surface area contributed by atoms with E-state index in [1.165, 1.54) is 23.5 Å². The molecule has 2 aromatic carbocycles. The first-order valence-electron chi connectivity index (χ1n) is 9.67. The van der Waals surface area contributed by atoms with Crippen LogP contribution >= 0.6 is 0 Å². The molecule has 0 aliphatic carbocycles. The van der Waals surface area contributed by atoms with E-state index < -0.39 is 9.73 Å². The lowest BCUT2D eigenvalue weighted by Crippen LogP contribution is -2.17. The summed E-state index contributed by atoms with van der Waals surface area (Å²) in [4.78, 5) is 15.3. The lowest BCUT2D eigenvalue weighted by atomic mass is 10.1. The van der Waals surface area contributed by atoms with Gasteiger partial charge in [0.25, 0.3) is 0 Å². The molecule has 1 aromatic heterocycles. The first-order valence-corrected chi connectivity index (χ1v) is 11.6. The van der Waals surface area contributed by atoms with Gasteiger partial charge < -0.3 is 9.15 Å². The maximum atomic E-state index is 12.4. The van der Waals surface area contributed by atoms with Crippen LogP contribution in [0.2, 0.25) is 0 Å². The van der Waals surface area contributed by atoms with Gasteiger partial charge in [-0.15, -0.1) is 0 Å². The van der Waals surface area contributed by atoms with Crippen molar-refractivity contribution in [2.75, 3.05) is 13.3 Å². The highest BCUT2D eigenvalue weighted by atomic mass is 32.2. The second-order valence-electron chi connectivity index (χ2n) is 7.41. The number of benzene rings is 2. The zero-order valence-electron chi connectivity index (χ0n) is 17.0. The smallest absolute Gasteiger partial charge is 0.227 e. The number of hydrogen-bond acceptors (Lipinski definition) is 6. The summed E-state index contributed by atoms with van der Waals surface area (Å²) in [6.45, 7) is 2.50. The molecule has 0 saturated heterocycles. The van der Waals surface area contributed by atoms with Crippen LogP contribution in [0.15, 0.2) is 79.3 Å². The first kappa shape index (κ1) is 20.4. The molecule has 3 aromatic rings. The minimum absolute atomic E-state index is 0.176. The normalized spacial score (nSPS) is 15.4. The van der Waals surface area contributed by atoms with Crippen molar-refractivity contribution < 1.29 is 13.4 Å². The zero-order chi connectivity index (χ0) is 21.1. The van der Waals surface area contributed by atoms with E-state index in [1.807, 2.05) is 24.3 Å². The van der Waals surface area contributed by atoms with Crippen molar-refractivity contribution in [3.63, 3.8) is 0 Å². The van der Waals surface area contributed by atoms with Gasteiger partial charge in [-0.25, -0.2) is 8.57 Å². The Bertz CT molecular complexity index is 1200. The van der Waals surface area contributed by atoms with Crippen LogP contribution in [0.1, 0.15) is 22.5 Å². The predicted octanol–water partition coefficient (Wildman–Crippen LogP) is 3.82. The third kappa shape index (κ3) is 4.47. The second-order valence-corrected chi connectivity index (χ2v) is 9.85. The van der Waals surface area contributed by atoms with Crippen molar-refractivity contribution in [3.8, 4) is 5.75 Å². The molecule has 0 radical (unpaired) electrons. The minimum Gasteiger partial charge on any atom is -0.482 e. The molecular weight excluding hydrogens is 400 g/mol. The fourth-order valence-electron chi connectivity index (χ4n) is 3.47. The molecule has 6 nitrogen and oxygen atoms in total. The fourth-order valence-corrected chi connectivity index (χ4v) is 4.32. The quantitative estimate of drug-likeness (QED) is 0.602. The molecule has 0 spiro atoms. The molecular formula is C23H24N2O4S. The Kier molecular flexibility index (Phi) is 5.74. The molecule has 0 amide bonds. The monoisotopic (exact) mass is 424 g/mol. The van der Waals surface area contributed by atoms with Crippen LogP contribution in [0.3, 0.4) is 0 Å². The third-order valence-corrected chi connectivity index (χ3v) is 7.09. The van der Waals surface area contributed by atoms with Crippen LogP contribution in [-0.4, -0.2) is 22.4 Å². The van der Waals surface area contributed by atoms with Gasteiger partial charge in [-0.2, -0.15) is 0 Å². The van der Waals surface area contributed by atoms with E-state index >= 15 is 0 Å². The van der Waals surface area contributed by atoms with Crippen LogP contribution in [0.4, 0.5) is 0 Å². The van der Waals surface area contributed by atoms with E-state index in [9.17, 15) is 9.00 Å². The Hall–Kier alpha value is -2.90. The van der Waals surface area contributed by atoms with Gasteiger partial charge in [-0.1, -0.05) is 36.4 Å². The van der Waals surface area contributed by atoms with Crippen LogP contribution in [0.5, 0.6) is 5.75 Å². The largest absolute Gasteiger partial charge is 0.482 e. The first-order chi connectivity index (χ1) is 14.4. The van der Waals surface area contributed by atoms with Crippen molar-refractivity contribution in [1.82, 2.24) is 4.90 Å². The Balaban J connectivity index is 1.37. The number of ether oxygens (including phenoxy) is 1. The summed E-state index contributed by atoms with van der Waals surface area (Å²) in [6, 6.07) is 17.0. The Labute approximate surface area is 176 Å². The zero-order valence-corrected chi connectivity index (χ0v) is 17.9. The van der Waals surface area contributed by atoms with Gasteiger partial charge in [0.05, 0.1) is 16.3 Å². The molecule has 0 bridgehead atoms. The molecule has 1 atom stereocenters. The van der Waals surface area contributed by atoms with Gasteiger partial charge in [-0.3, -0.25) is 9.69 Å². The van der Waals surface area contributed by atoms with Crippen molar-refractivity contribution >= 4 is 9.73 Å². The molecule has 156 valence electrons. The molecule has 2 heterocycles. The van der Waals surface area contributed by atoms with Crippen LogP contribution in [0, 0.1) is 0 Å². The van der Waals surface area contributed by atoms with E-state index in [0.29, 0.717) is 17.2 Å². The van der Waals surface area contributed by atoms with E-state index in [1.54, 1.807) is 25.4 Å². The molecule has 0 saturated carbocycles. The standard InChI is InChI=1S/C23H24N2O4S/c1-24-30(2,27)21-9-7-17(8-10-21)15-29-23-16-28-20(11-22(23)26)14-25-12-18-5-3-4-6-19(18)13-25/h3-11,16H,12-15H2,1-2H3. The lowest BCUT2D eigenvalue weighted by Gasteiger charge is -2.14. The predicted molar refractivity (Wildman–Crippen MR) is 116 cm³/mol. The molecule has 0 fully saturated rings. The summed E-state index contributed by atoms with van der Waals surface area (Å²) in [5.74, 6) is 0.793. The van der Waals surface area contributed by atoms with Gasteiger partial charge >= 0.3 is 0 Å². The van der Waals surface area contributed by atoms with Crippen molar-refractivity contribution in [2.24, 2.45) is 4.36 Å². The van der Waals surface area contributed by atoms with Crippen molar-refractivity contribution in [2.45, 2.75) is 31.1 Å². The SMILES string of the molecule is CN=S(C)(=O)c1ccc(COc2coc(CN3Cc4ccccc4C3)cc2=O)cc1. The van der Waals surface area contributed by atoms with Gasteiger partial charge in [0.1, 0.15) is 18.6 Å². The summed E-state index contributed by atoms with van der Waals surface area (Å²) >= 11 is 0. The lowest BCUT2D eigenvalue weighted by molar-refractivity contribution is 0.241. The highest BCUT2D eigenvalue weighted by Crippen LogP contribution is 2.24. The van der Waals surface area contributed by atoms with Gasteiger partial charge in [0, 0.05) is 37.4 Å². The average Bonchev–Trinajstić information content (AvgIpc) is 3.16. The fraction of sp³-hybridized carbons (Fsp3) is 0.261. The van der Waals surface area contributed by atoms with Crippen LogP contribution in [0.25, 0.3) is 0 Å². The maximum Gasteiger partial charge on any atom is 0.227 e. The summed E-state index contributed by atoms with van der Waals surface area (Å²) in [5, 5.41) is 0. The number of rotatable bonds is 6. The molecule has 30 heavy (non-hydrogen) atoms. The number of nitrogens with zero attached hydrogens (tertiary/aromatic N) is 2. The molecule has 1 aliphatic heterocycles. The van der Waals surface area contributed by atoms with E-state index in [4.69, 9.17) is 9.15 Å². The van der Waals surface area contributed by atoms with Crippen molar-refractivity contribution in [3.05, 3.63) is 93.5 Å². The van der Waals surface area contributed by atoms with Gasteiger partial charge in [-0.05, 0) is 28.8 Å².